The maximum absolute atomic E-state index is 5.57. The summed E-state index contributed by atoms with van der Waals surface area (Å²) in [6.45, 7) is 8.37. The lowest BCUT2D eigenvalue weighted by molar-refractivity contribution is 0.114. The molecule has 2 aromatic rings. The van der Waals surface area contributed by atoms with E-state index in [0.29, 0.717) is 18.3 Å². The Balaban J connectivity index is 1.60. The van der Waals surface area contributed by atoms with Crippen LogP contribution in [0.1, 0.15) is 36.7 Å². The molecule has 0 bridgehead atoms. The molecule has 1 aliphatic rings. The third-order valence-corrected chi connectivity index (χ3v) is 5.00. The molecular weight excluding hydrogens is 372 g/mol. The summed E-state index contributed by atoms with van der Waals surface area (Å²) in [6.07, 6.45) is 4.25. The Morgan fingerprint density at radius 2 is 2.14 bits per heavy atom. The van der Waals surface area contributed by atoms with E-state index in [4.69, 9.17) is 21.7 Å². The van der Waals surface area contributed by atoms with Gasteiger partial charge in [-0.3, -0.25) is 5.43 Å². The number of aryl methyl sites for hydroxylation is 1. The SMILES string of the molecule is CCOc1ccc(-n2c(C)cc(/C=N\NC(=S)NC[C@H]3CCCO3)c2C)cc1. The van der Waals surface area contributed by atoms with Gasteiger partial charge in [-0.05, 0) is 76.2 Å². The summed E-state index contributed by atoms with van der Waals surface area (Å²) in [4.78, 5) is 0. The van der Waals surface area contributed by atoms with E-state index in [1.165, 1.54) is 0 Å². The van der Waals surface area contributed by atoms with Gasteiger partial charge in [0.1, 0.15) is 5.75 Å². The van der Waals surface area contributed by atoms with E-state index in [-0.39, 0.29) is 6.10 Å². The van der Waals surface area contributed by atoms with Gasteiger partial charge in [-0.2, -0.15) is 5.10 Å². The van der Waals surface area contributed by atoms with Gasteiger partial charge in [-0.15, -0.1) is 0 Å². The lowest BCUT2D eigenvalue weighted by Crippen LogP contribution is -2.37. The van der Waals surface area contributed by atoms with Crippen molar-refractivity contribution in [3.8, 4) is 11.4 Å². The van der Waals surface area contributed by atoms with E-state index < -0.39 is 0 Å². The van der Waals surface area contributed by atoms with Crippen LogP contribution in [0, 0.1) is 13.8 Å². The average molecular weight is 401 g/mol. The molecule has 1 atom stereocenters. The first-order chi connectivity index (χ1) is 13.6. The molecule has 1 fully saturated rings. The van der Waals surface area contributed by atoms with E-state index in [1.807, 2.05) is 19.1 Å². The molecule has 0 radical (unpaired) electrons. The summed E-state index contributed by atoms with van der Waals surface area (Å²) < 4.78 is 13.3. The molecule has 0 spiro atoms. The number of hydrazone groups is 1. The van der Waals surface area contributed by atoms with Crippen LogP contribution in [0.15, 0.2) is 35.4 Å². The highest BCUT2D eigenvalue weighted by atomic mass is 32.1. The zero-order valence-corrected chi connectivity index (χ0v) is 17.5. The van der Waals surface area contributed by atoms with Gasteiger partial charge in [-0.25, -0.2) is 0 Å². The van der Waals surface area contributed by atoms with Crippen molar-refractivity contribution < 1.29 is 9.47 Å². The first-order valence-electron chi connectivity index (χ1n) is 9.69. The molecule has 7 heteroatoms. The highest BCUT2D eigenvalue weighted by Crippen LogP contribution is 2.22. The van der Waals surface area contributed by atoms with Crippen LogP contribution in [0.2, 0.25) is 0 Å². The van der Waals surface area contributed by atoms with E-state index in [1.54, 1.807) is 6.21 Å². The summed E-state index contributed by atoms with van der Waals surface area (Å²) in [7, 11) is 0. The van der Waals surface area contributed by atoms with Crippen LogP contribution < -0.4 is 15.5 Å². The summed E-state index contributed by atoms with van der Waals surface area (Å²) in [5.41, 5.74) is 7.28. The first-order valence-corrected chi connectivity index (χ1v) is 10.1. The molecule has 2 N–H and O–H groups in total. The summed E-state index contributed by atoms with van der Waals surface area (Å²) in [5, 5.41) is 7.94. The second-order valence-corrected chi connectivity index (χ2v) is 7.21. The smallest absolute Gasteiger partial charge is 0.187 e. The van der Waals surface area contributed by atoms with Crippen molar-refractivity contribution >= 4 is 23.5 Å². The second kappa shape index (κ2) is 9.71. The summed E-state index contributed by atoms with van der Waals surface area (Å²) >= 11 is 5.27. The highest BCUT2D eigenvalue weighted by molar-refractivity contribution is 7.80. The quantitative estimate of drug-likeness (QED) is 0.423. The Kier molecular flexibility index (Phi) is 7.06. The summed E-state index contributed by atoms with van der Waals surface area (Å²) in [5.74, 6) is 0.878. The number of hydrogen-bond acceptors (Lipinski definition) is 4. The molecule has 2 heterocycles. The topological polar surface area (TPSA) is 59.8 Å². The van der Waals surface area contributed by atoms with Crippen LogP contribution in [-0.4, -0.2) is 41.8 Å². The van der Waals surface area contributed by atoms with Crippen molar-refractivity contribution in [3.63, 3.8) is 0 Å². The first kappa shape index (κ1) is 20.4. The number of aromatic nitrogens is 1. The molecule has 0 aliphatic carbocycles. The Morgan fingerprint density at radius 1 is 1.36 bits per heavy atom. The molecule has 150 valence electrons. The molecule has 1 aromatic heterocycles. The van der Waals surface area contributed by atoms with Crippen molar-refractivity contribution in [2.45, 2.75) is 39.7 Å². The molecule has 1 aliphatic heterocycles. The van der Waals surface area contributed by atoms with Crippen molar-refractivity contribution in [1.29, 1.82) is 0 Å². The van der Waals surface area contributed by atoms with Gasteiger partial charge in [0.2, 0.25) is 0 Å². The van der Waals surface area contributed by atoms with Gasteiger partial charge in [0.05, 0.1) is 18.9 Å². The van der Waals surface area contributed by atoms with Crippen LogP contribution in [0.5, 0.6) is 5.75 Å². The van der Waals surface area contributed by atoms with Crippen molar-refractivity contribution in [2.75, 3.05) is 19.8 Å². The van der Waals surface area contributed by atoms with Crippen LogP contribution in [0.25, 0.3) is 5.69 Å². The fraction of sp³-hybridized carbons (Fsp3) is 0.429. The number of nitrogens with zero attached hydrogens (tertiary/aromatic N) is 2. The van der Waals surface area contributed by atoms with Gasteiger partial charge >= 0.3 is 0 Å². The fourth-order valence-corrected chi connectivity index (χ4v) is 3.52. The molecular formula is C21H28N4O2S. The molecule has 3 rings (SSSR count). The third kappa shape index (κ3) is 5.11. The number of thiocarbonyl (C=S) groups is 1. The molecule has 1 aromatic carbocycles. The molecule has 6 nitrogen and oxygen atoms in total. The van der Waals surface area contributed by atoms with Gasteiger partial charge in [0.25, 0.3) is 0 Å². The van der Waals surface area contributed by atoms with E-state index in [2.05, 4.69) is 52.5 Å². The maximum Gasteiger partial charge on any atom is 0.187 e. The number of hydrogen-bond donors (Lipinski definition) is 2. The third-order valence-electron chi connectivity index (χ3n) is 4.76. The van der Waals surface area contributed by atoms with Crippen LogP contribution >= 0.6 is 12.2 Å². The standard InChI is InChI=1S/C21H28N4O2S/c1-4-26-19-9-7-18(8-10-19)25-15(2)12-17(16(25)3)13-23-24-21(28)22-14-20-6-5-11-27-20/h7-10,12-13,20H,4-6,11,14H2,1-3H3,(H2,22,24,28)/b23-13-/t20-/m1/s1. The lowest BCUT2D eigenvalue weighted by atomic mass is 10.2. The zero-order valence-electron chi connectivity index (χ0n) is 16.7. The predicted octanol–water partition coefficient (Wildman–Crippen LogP) is 3.47. The Labute approximate surface area is 171 Å². The van der Waals surface area contributed by atoms with Crippen LogP contribution in [-0.2, 0) is 4.74 Å². The normalized spacial score (nSPS) is 16.5. The Morgan fingerprint density at radius 3 is 2.82 bits per heavy atom. The van der Waals surface area contributed by atoms with Crippen molar-refractivity contribution in [3.05, 3.63) is 47.3 Å². The summed E-state index contributed by atoms with van der Waals surface area (Å²) in [6, 6.07) is 10.2. The highest BCUT2D eigenvalue weighted by Gasteiger charge is 2.15. The molecule has 28 heavy (non-hydrogen) atoms. The lowest BCUT2D eigenvalue weighted by Gasteiger charge is -2.12. The minimum Gasteiger partial charge on any atom is -0.494 e. The number of nitrogens with one attached hydrogen (secondary N) is 2. The molecule has 0 amide bonds. The number of benzene rings is 1. The van der Waals surface area contributed by atoms with Gasteiger partial charge in [0, 0.05) is 35.8 Å². The van der Waals surface area contributed by atoms with E-state index >= 15 is 0 Å². The zero-order chi connectivity index (χ0) is 19.9. The predicted molar refractivity (Wildman–Crippen MR) is 117 cm³/mol. The maximum atomic E-state index is 5.57. The minimum absolute atomic E-state index is 0.247. The van der Waals surface area contributed by atoms with Gasteiger partial charge < -0.3 is 19.4 Å². The fourth-order valence-electron chi connectivity index (χ4n) is 3.39. The molecule has 0 unspecified atom stereocenters. The van der Waals surface area contributed by atoms with Crippen molar-refractivity contribution in [1.82, 2.24) is 15.3 Å². The number of rotatable bonds is 7. The Hall–Kier alpha value is -2.38. The van der Waals surface area contributed by atoms with E-state index in [9.17, 15) is 0 Å². The molecule has 1 saturated heterocycles. The number of ether oxygens (including phenoxy) is 2. The van der Waals surface area contributed by atoms with Crippen LogP contribution in [0.3, 0.4) is 0 Å². The average Bonchev–Trinajstić information content (AvgIpc) is 3.30. The van der Waals surface area contributed by atoms with Crippen molar-refractivity contribution in [2.24, 2.45) is 5.10 Å². The van der Waals surface area contributed by atoms with Gasteiger partial charge in [0.15, 0.2) is 5.11 Å². The van der Waals surface area contributed by atoms with E-state index in [0.717, 1.165) is 47.8 Å². The van der Waals surface area contributed by atoms with Gasteiger partial charge in [-0.1, -0.05) is 0 Å². The monoisotopic (exact) mass is 400 g/mol. The Bertz CT molecular complexity index is 824. The van der Waals surface area contributed by atoms with Crippen LogP contribution in [0.4, 0.5) is 0 Å². The second-order valence-electron chi connectivity index (χ2n) is 6.80. The largest absolute Gasteiger partial charge is 0.494 e. The minimum atomic E-state index is 0.247. The molecule has 0 saturated carbocycles.